The molecule has 0 saturated carbocycles. The van der Waals surface area contributed by atoms with Crippen molar-refractivity contribution in [3.63, 3.8) is 0 Å². The number of sulfonamides is 1. The molecule has 0 radical (unpaired) electrons. The van der Waals surface area contributed by atoms with Crippen LogP contribution in [0.25, 0.3) is 0 Å². The number of hydrogen-bond acceptors (Lipinski definition) is 4. The van der Waals surface area contributed by atoms with Crippen LogP contribution >= 0.6 is 0 Å². The van der Waals surface area contributed by atoms with Gasteiger partial charge in [-0.1, -0.05) is 19.9 Å². The Morgan fingerprint density at radius 2 is 2.09 bits per heavy atom. The van der Waals surface area contributed by atoms with Gasteiger partial charge in [0.25, 0.3) is 5.91 Å². The van der Waals surface area contributed by atoms with E-state index < -0.39 is 10.0 Å². The summed E-state index contributed by atoms with van der Waals surface area (Å²) in [6.45, 7) is 4.85. The van der Waals surface area contributed by atoms with Gasteiger partial charge in [0.15, 0.2) is 0 Å². The van der Waals surface area contributed by atoms with Crippen molar-refractivity contribution in [3.8, 4) is 0 Å². The third-order valence-electron chi connectivity index (χ3n) is 3.68. The summed E-state index contributed by atoms with van der Waals surface area (Å²) in [6.07, 6.45) is 1.38. The van der Waals surface area contributed by atoms with E-state index in [1.807, 2.05) is 13.8 Å². The Balaban J connectivity index is 2.26. The molecule has 7 heteroatoms. The highest BCUT2D eigenvalue weighted by molar-refractivity contribution is 7.89. The molecule has 0 aliphatic carbocycles. The quantitative estimate of drug-likeness (QED) is 0.714. The molecule has 1 atom stereocenters. The van der Waals surface area contributed by atoms with Gasteiger partial charge in [-0.15, -0.1) is 0 Å². The molecule has 1 heterocycles. The van der Waals surface area contributed by atoms with Gasteiger partial charge in [-0.05, 0) is 36.5 Å². The fourth-order valence-corrected chi connectivity index (χ4v) is 3.89. The van der Waals surface area contributed by atoms with E-state index in [1.165, 1.54) is 6.07 Å². The average Bonchev–Trinajstić information content (AvgIpc) is 2.46. The Hall–Kier alpha value is -1.44. The molecular formula is C15H23N3O3S. The lowest BCUT2D eigenvalue weighted by Gasteiger charge is -2.20. The fourth-order valence-electron chi connectivity index (χ4n) is 2.61. The first-order chi connectivity index (χ1) is 10.3. The van der Waals surface area contributed by atoms with Crippen LogP contribution in [0.15, 0.2) is 23.1 Å². The third-order valence-corrected chi connectivity index (χ3v) is 5.20. The minimum atomic E-state index is -3.68. The summed E-state index contributed by atoms with van der Waals surface area (Å²) in [5.74, 6) is 0.112. The van der Waals surface area contributed by atoms with Gasteiger partial charge >= 0.3 is 0 Å². The number of amides is 1. The largest absolute Gasteiger partial charge is 0.352 e. The molecule has 0 bridgehead atoms. The van der Waals surface area contributed by atoms with E-state index in [2.05, 4.69) is 10.0 Å². The summed E-state index contributed by atoms with van der Waals surface area (Å²) in [5.41, 5.74) is 6.96. The van der Waals surface area contributed by atoms with E-state index in [4.69, 9.17) is 5.73 Å². The molecule has 1 aromatic rings. The summed E-state index contributed by atoms with van der Waals surface area (Å²) in [4.78, 5) is 11.9. The van der Waals surface area contributed by atoms with Crippen LogP contribution in [0.3, 0.4) is 0 Å². The Morgan fingerprint density at radius 3 is 2.73 bits per heavy atom. The molecule has 1 aromatic carbocycles. The van der Waals surface area contributed by atoms with Crippen LogP contribution < -0.4 is 15.8 Å². The molecule has 1 unspecified atom stereocenters. The maximum Gasteiger partial charge on any atom is 0.251 e. The summed E-state index contributed by atoms with van der Waals surface area (Å²) < 4.78 is 27.6. The van der Waals surface area contributed by atoms with Crippen molar-refractivity contribution in [3.05, 3.63) is 29.3 Å². The van der Waals surface area contributed by atoms with Crippen molar-refractivity contribution < 1.29 is 13.2 Å². The minimum Gasteiger partial charge on any atom is -0.352 e. The smallest absolute Gasteiger partial charge is 0.251 e. The summed E-state index contributed by atoms with van der Waals surface area (Å²) in [5, 5.41) is 2.72. The van der Waals surface area contributed by atoms with Crippen LogP contribution in [-0.4, -0.2) is 33.5 Å². The highest BCUT2D eigenvalue weighted by atomic mass is 32.2. The molecule has 22 heavy (non-hydrogen) atoms. The molecule has 0 saturated heterocycles. The van der Waals surface area contributed by atoms with E-state index in [-0.39, 0.29) is 23.4 Å². The van der Waals surface area contributed by atoms with Gasteiger partial charge in [0, 0.05) is 24.7 Å². The van der Waals surface area contributed by atoms with Gasteiger partial charge in [0.2, 0.25) is 10.0 Å². The average molecular weight is 325 g/mol. The zero-order chi connectivity index (χ0) is 16.3. The fraction of sp³-hybridized carbons (Fsp3) is 0.533. The predicted octanol–water partition coefficient (Wildman–Crippen LogP) is 0.624. The summed E-state index contributed by atoms with van der Waals surface area (Å²) in [7, 11) is -3.68. The van der Waals surface area contributed by atoms with Crippen molar-refractivity contribution >= 4 is 15.9 Å². The number of fused-ring (bicyclic) bond motifs is 1. The molecule has 0 fully saturated rings. The number of nitrogens with one attached hydrogen (secondary N) is 2. The lowest BCUT2D eigenvalue weighted by atomic mass is 10.0. The van der Waals surface area contributed by atoms with Crippen molar-refractivity contribution in [1.29, 1.82) is 0 Å². The molecule has 0 spiro atoms. The Kier molecular flexibility index (Phi) is 5.20. The molecule has 1 aliphatic rings. The summed E-state index contributed by atoms with van der Waals surface area (Å²) >= 11 is 0. The van der Waals surface area contributed by atoms with Crippen LogP contribution in [0.5, 0.6) is 0 Å². The zero-order valence-electron chi connectivity index (χ0n) is 12.9. The lowest BCUT2D eigenvalue weighted by Crippen LogP contribution is -2.41. The Labute approximate surface area is 131 Å². The molecule has 6 nitrogen and oxygen atoms in total. The number of carbonyl (C=O) groups excluding carboxylic acids is 1. The minimum absolute atomic E-state index is 0.102. The zero-order valence-corrected chi connectivity index (χ0v) is 13.7. The van der Waals surface area contributed by atoms with Gasteiger partial charge in [-0.3, -0.25) is 4.79 Å². The third kappa shape index (κ3) is 3.85. The highest BCUT2D eigenvalue weighted by Crippen LogP contribution is 2.19. The standard InChI is InChI=1S/C15H23N3O3S/c1-10(2)7-12(9-16)18-22(20,21)13-4-3-11-5-6-17-15(19)14(11)8-13/h3-4,8,10,12,18H,5-7,9,16H2,1-2H3,(H,17,19). The van der Waals surface area contributed by atoms with Gasteiger partial charge < -0.3 is 11.1 Å². The second-order valence-corrected chi connectivity index (χ2v) is 7.72. The van der Waals surface area contributed by atoms with Crippen LogP contribution in [0.2, 0.25) is 0 Å². The van der Waals surface area contributed by atoms with E-state index in [0.29, 0.717) is 30.9 Å². The van der Waals surface area contributed by atoms with Gasteiger partial charge in [-0.2, -0.15) is 0 Å². The van der Waals surface area contributed by atoms with Crippen molar-refractivity contribution in [2.45, 2.75) is 37.6 Å². The van der Waals surface area contributed by atoms with Crippen LogP contribution in [0, 0.1) is 5.92 Å². The summed E-state index contributed by atoms with van der Waals surface area (Å²) in [6, 6.07) is 4.38. The van der Waals surface area contributed by atoms with Gasteiger partial charge in [0.05, 0.1) is 4.90 Å². The molecule has 1 aliphatic heterocycles. The monoisotopic (exact) mass is 325 g/mol. The second kappa shape index (κ2) is 6.76. The number of hydrogen-bond donors (Lipinski definition) is 3. The van der Waals surface area contributed by atoms with Crippen LogP contribution in [0.4, 0.5) is 0 Å². The lowest BCUT2D eigenvalue weighted by molar-refractivity contribution is 0.0945. The van der Waals surface area contributed by atoms with E-state index in [9.17, 15) is 13.2 Å². The van der Waals surface area contributed by atoms with E-state index >= 15 is 0 Å². The maximum atomic E-state index is 12.5. The number of benzene rings is 1. The molecule has 0 aromatic heterocycles. The first-order valence-corrected chi connectivity index (χ1v) is 8.95. The second-order valence-electron chi connectivity index (χ2n) is 6.01. The highest BCUT2D eigenvalue weighted by Gasteiger charge is 2.23. The predicted molar refractivity (Wildman–Crippen MR) is 85.1 cm³/mol. The Morgan fingerprint density at radius 1 is 1.36 bits per heavy atom. The van der Waals surface area contributed by atoms with E-state index in [1.54, 1.807) is 12.1 Å². The molecule has 4 N–H and O–H groups in total. The van der Waals surface area contributed by atoms with Crippen molar-refractivity contribution in [2.75, 3.05) is 13.1 Å². The molecule has 1 amide bonds. The number of nitrogens with two attached hydrogens (primary N) is 1. The Bertz CT molecular complexity index is 656. The van der Waals surface area contributed by atoms with Crippen molar-refractivity contribution in [2.24, 2.45) is 11.7 Å². The van der Waals surface area contributed by atoms with Crippen LogP contribution in [-0.2, 0) is 16.4 Å². The van der Waals surface area contributed by atoms with Crippen LogP contribution in [0.1, 0.15) is 36.2 Å². The van der Waals surface area contributed by atoms with Gasteiger partial charge in [0.1, 0.15) is 0 Å². The topological polar surface area (TPSA) is 101 Å². The first-order valence-electron chi connectivity index (χ1n) is 7.47. The normalized spacial score (nSPS) is 16.3. The molecular weight excluding hydrogens is 302 g/mol. The number of rotatable bonds is 6. The van der Waals surface area contributed by atoms with Gasteiger partial charge in [-0.25, -0.2) is 13.1 Å². The molecule has 122 valence electrons. The van der Waals surface area contributed by atoms with E-state index in [0.717, 1.165) is 5.56 Å². The maximum absolute atomic E-state index is 12.5. The van der Waals surface area contributed by atoms with Crippen molar-refractivity contribution in [1.82, 2.24) is 10.0 Å². The first kappa shape index (κ1) is 16.9. The SMILES string of the molecule is CC(C)CC(CN)NS(=O)(=O)c1ccc2c(c1)C(=O)NCC2. The number of carbonyl (C=O) groups is 1. The molecule has 2 rings (SSSR count).